The van der Waals surface area contributed by atoms with Crippen molar-refractivity contribution >= 4 is 5.91 Å². The Labute approximate surface area is 97.0 Å². The average Bonchev–Trinajstić information content (AvgIpc) is 2.96. The summed E-state index contributed by atoms with van der Waals surface area (Å²) in [7, 11) is 0. The number of amides is 1. The summed E-state index contributed by atoms with van der Waals surface area (Å²) in [4.78, 5) is 13.7. The maximum absolute atomic E-state index is 11.6. The van der Waals surface area contributed by atoms with Crippen LogP contribution in [0.1, 0.15) is 32.6 Å². The first kappa shape index (κ1) is 11.9. The van der Waals surface area contributed by atoms with Crippen LogP contribution in [-0.4, -0.2) is 47.7 Å². The van der Waals surface area contributed by atoms with Crippen LogP contribution >= 0.6 is 0 Å². The largest absolute Gasteiger partial charge is 0.389 e. The molecule has 1 aliphatic heterocycles. The van der Waals surface area contributed by atoms with Crippen molar-refractivity contribution in [2.75, 3.05) is 26.2 Å². The van der Waals surface area contributed by atoms with Crippen LogP contribution in [0.4, 0.5) is 0 Å². The Morgan fingerprint density at radius 2 is 2.31 bits per heavy atom. The standard InChI is InChI=1S/C12H22N2O2/c1-12(16)5-2-6-14(9-12)8-11(15)13-7-10-3-4-10/h10,16H,2-9H2,1H3,(H,13,15). The Morgan fingerprint density at radius 3 is 2.94 bits per heavy atom. The monoisotopic (exact) mass is 226 g/mol. The molecule has 1 unspecified atom stereocenters. The molecule has 4 nitrogen and oxygen atoms in total. The maximum Gasteiger partial charge on any atom is 0.234 e. The number of nitrogens with zero attached hydrogens (tertiary/aromatic N) is 1. The van der Waals surface area contributed by atoms with Crippen LogP contribution in [0.3, 0.4) is 0 Å². The number of hydrogen-bond acceptors (Lipinski definition) is 3. The minimum absolute atomic E-state index is 0.101. The summed E-state index contributed by atoms with van der Waals surface area (Å²) in [6.07, 6.45) is 4.34. The second kappa shape index (κ2) is 4.72. The molecule has 1 saturated carbocycles. The van der Waals surface area contributed by atoms with Gasteiger partial charge in [0.25, 0.3) is 0 Å². The van der Waals surface area contributed by atoms with Gasteiger partial charge in [-0.25, -0.2) is 0 Å². The molecule has 0 aromatic carbocycles. The summed E-state index contributed by atoms with van der Waals surface area (Å²) in [5.74, 6) is 0.831. The molecule has 0 spiro atoms. The molecule has 1 heterocycles. The van der Waals surface area contributed by atoms with Crippen LogP contribution < -0.4 is 5.32 Å². The van der Waals surface area contributed by atoms with E-state index in [-0.39, 0.29) is 5.91 Å². The fourth-order valence-corrected chi connectivity index (χ4v) is 2.30. The number of aliphatic hydroxyl groups is 1. The summed E-state index contributed by atoms with van der Waals surface area (Å²) in [6.45, 7) is 4.66. The van der Waals surface area contributed by atoms with Crippen molar-refractivity contribution in [1.82, 2.24) is 10.2 Å². The summed E-state index contributed by atoms with van der Waals surface area (Å²) < 4.78 is 0. The Balaban J connectivity index is 1.68. The first-order chi connectivity index (χ1) is 7.55. The molecule has 0 aromatic heterocycles. The van der Waals surface area contributed by atoms with Gasteiger partial charge in [0.1, 0.15) is 0 Å². The van der Waals surface area contributed by atoms with Gasteiger partial charge in [0.15, 0.2) is 0 Å². The number of carbonyl (C=O) groups excluding carboxylic acids is 1. The molecule has 16 heavy (non-hydrogen) atoms. The van der Waals surface area contributed by atoms with Crippen molar-refractivity contribution < 1.29 is 9.90 Å². The molecule has 1 atom stereocenters. The number of piperidine rings is 1. The van der Waals surface area contributed by atoms with Gasteiger partial charge in [-0.15, -0.1) is 0 Å². The van der Waals surface area contributed by atoms with Gasteiger partial charge in [0.2, 0.25) is 5.91 Å². The molecule has 0 aromatic rings. The summed E-state index contributed by atoms with van der Waals surface area (Å²) in [5.41, 5.74) is -0.616. The van der Waals surface area contributed by atoms with Crippen LogP contribution in [0.25, 0.3) is 0 Å². The Bertz CT molecular complexity index is 262. The van der Waals surface area contributed by atoms with E-state index in [0.717, 1.165) is 31.8 Å². The summed E-state index contributed by atoms with van der Waals surface area (Å²) in [6, 6.07) is 0. The van der Waals surface area contributed by atoms with Gasteiger partial charge in [0, 0.05) is 13.1 Å². The minimum Gasteiger partial charge on any atom is -0.389 e. The highest BCUT2D eigenvalue weighted by molar-refractivity contribution is 5.78. The molecule has 2 rings (SSSR count). The predicted octanol–water partition coefficient (Wildman–Crippen LogP) is 0.359. The van der Waals surface area contributed by atoms with Gasteiger partial charge in [-0.1, -0.05) is 0 Å². The molecule has 2 aliphatic rings. The minimum atomic E-state index is -0.616. The van der Waals surface area contributed by atoms with Crippen molar-refractivity contribution in [3.63, 3.8) is 0 Å². The van der Waals surface area contributed by atoms with Crippen molar-refractivity contribution in [3.8, 4) is 0 Å². The Kier molecular flexibility index (Phi) is 3.50. The van der Waals surface area contributed by atoms with Crippen molar-refractivity contribution in [2.24, 2.45) is 5.92 Å². The van der Waals surface area contributed by atoms with Crippen LogP contribution in [0.5, 0.6) is 0 Å². The molecule has 2 fully saturated rings. The van der Waals surface area contributed by atoms with Crippen molar-refractivity contribution in [1.29, 1.82) is 0 Å². The number of rotatable bonds is 4. The van der Waals surface area contributed by atoms with Crippen LogP contribution in [0.15, 0.2) is 0 Å². The highest BCUT2D eigenvalue weighted by Crippen LogP contribution is 2.27. The van der Waals surface area contributed by atoms with E-state index in [2.05, 4.69) is 5.32 Å². The number of carbonyl (C=O) groups is 1. The quantitative estimate of drug-likeness (QED) is 0.728. The van der Waals surface area contributed by atoms with E-state index in [4.69, 9.17) is 0 Å². The van der Waals surface area contributed by atoms with Gasteiger partial charge in [-0.2, -0.15) is 0 Å². The van der Waals surface area contributed by atoms with Crippen molar-refractivity contribution in [2.45, 2.75) is 38.2 Å². The number of hydrogen-bond donors (Lipinski definition) is 2. The molecule has 2 N–H and O–H groups in total. The third-order valence-electron chi connectivity index (χ3n) is 3.41. The topological polar surface area (TPSA) is 52.6 Å². The van der Waals surface area contributed by atoms with E-state index in [1.165, 1.54) is 12.8 Å². The van der Waals surface area contributed by atoms with E-state index in [9.17, 15) is 9.90 Å². The van der Waals surface area contributed by atoms with Gasteiger partial charge >= 0.3 is 0 Å². The zero-order valence-electron chi connectivity index (χ0n) is 10.0. The zero-order valence-corrected chi connectivity index (χ0v) is 10.0. The van der Waals surface area contributed by atoms with E-state index in [1.54, 1.807) is 0 Å². The highest BCUT2D eigenvalue weighted by Gasteiger charge is 2.29. The zero-order chi connectivity index (χ0) is 11.6. The van der Waals surface area contributed by atoms with Gasteiger partial charge in [-0.3, -0.25) is 9.69 Å². The third kappa shape index (κ3) is 3.76. The van der Waals surface area contributed by atoms with Crippen LogP contribution in [-0.2, 0) is 4.79 Å². The molecule has 1 amide bonds. The normalized spacial score (nSPS) is 31.4. The lowest BCUT2D eigenvalue weighted by Gasteiger charge is -2.36. The van der Waals surface area contributed by atoms with E-state index in [1.807, 2.05) is 11.8 Å². The highest BCUT2D eigenvalue weighted by atomic mass is 16.3. The fraction of sp³-hybridized carbons (Fsp3) is 0.917. The molecule has 0 radical (unpaired) electrons. The first-order valence-electron chi connectivity index (χ1n) is 6.27. The Morgan fingerprint density at radius 1 is 1.56 bits per heavy atom. The van der Waals surface area contributed by atoms with Crippen LogP contribution in [0.2, 0.25) is 0 Å². The SMILES string of the molecule is CC1(O)CCCN(CC(=O)NCC2CC2)C1. The summed E-state index contributed by atoms with van der Waals surface area (Å²) in [5, 5.41) is 12.9. The lowest BCUT2D eigenvalue weighted by Crippen LogP contribution is -2.49. The van der Waals surface area contributed by atoms with Gasteiger partial charge in [-0.05, 0) is 45.1 Å². The van der Waals surface area contributed by atoms with Crippen LogP contribution in [0, 0.1) is 5.92 Å². The van der Waals surface area contributed by atoms with E-state index < -0.39 is 5.60 Å². The van der Waals surface area contributed by atoms with Gasteiger partial charge in [0.05, 0.1) is 12.1 Å². The van der Waals surface area contributed by atoms with Crippen molar-refractivity contribution in [3.05, 3.63) is 0 Å². The summed E-state index contributed by atoms with van der Waals surface area (Å²) >= 11 is 0. The molecule has 1 saturated heterocycles. The molecular weight excluding hydrogens is 204 g/mol. The maximum atomic E-state index is 11.6. The number of β-amino-alcohol motifs (C(OH)–C–C–N with tert-alkyl or cyclic N) is 1. The average molecular weight is 226 g/mol. The molecule has 4 heteroatoms. The second-order valence-electron chi connectivity index (χ2n) is 5.56. The fourth-order valence-electron chi connectivity index (χ4n) is 2.30. The number of nitrogens with one attached hydrogen (secondary N) is 1. The molecular formula is C12H22N2O2. The molecule has 0 bridgehead atoms. The molecule has 1 aliphatic carbocycles. The number of likely N-dealkylation sites (tertiary alicyclic amines) is 1. The lowest BCUT2D eigenvalue weighted by molar-refractivity contribution is -0.123. The van der Waals surface area contributed by atoms with Gasteiger partial charge < -0.3 is 10.4 Å². The van der Waals surface area contributed by atoms with E-state index in [0.29, 0.717) is 13.1 Å². The smallest absolute Gasteiger partial charge is 0.234 e. The van der Waals surface area contributed by atoms with E-state index >= 15 is 0 Å². The first-order valence-corrected chi connectivity index (χ1v) is 6.27. The second-order valence-corrected chi connectivity index (χ2v) is 5.56. The molecule has 92 valence electrons. The third-order valence-corrected chi connectivity index (χ3v) is 3.41. The predicted molar refractivity (Wildman–Crippen MR) is 62.0 cm³/mol. The lowest BCUT2D eigenvalue weighted by atomic mass is 9.95. The Hall–Kier alpha value is -0.610.